The summed E-state index contributed by atoms with van der Waals surface area (Å²) in [6, 6.07) is 21.8. The molecule has 0 unspecified atom stereocenters. The van der Waals surface area contributed by atoms with Crippen LogP contribution in [0.3, 0.4) is 0 Å². The molecular weight excluding hydrogens is 462 g/mol. The van der Waals surface area contributed by atoms with Crippen LogP contribution in [0.25, 0.3) is 5.57 Å². The van der Waals surface area contributed by atoms with Crippen molar-refractivity contribution >= 4 is 23.1 Å². The maximum atomic E-state index is 13.8. The van der Waals surface area contributed by atoms with Crippen LogP contribution in [0, 0.1) is 37.5 Å². The van der Waals surface area contributed by atoms with E-state index in [2.05, 4.69) is 12.2 Å². The fraction of sp³-hybridized carbons (Fsp3) is 0.250. The van der Waals surface area contributed by atoms with Crippen molar-refractivity contribution in [2.24, 2.45) is 23.7 Å². The summed E-state index contributed by atoms with van der Waals surface area (Å²) < 4.78 is 10.8. The fourth-order valence-electron chi connectivity index (χ4n) is 6.23. The molecule has 2 amide bonds. The molecule has 1 saturated heterocycles. The Morgan fingerprint density at radius 2 is 1.16 bits per heavy atom. The molecule has 2 aliphatic carbocycles. The van der Waals surface area contributed by atoms with Gasteiger partial charge >= 0.3 is 0 Å². The Hall–Kier alpha value is -4.12. The number of allylic oxidation sites excluding steroid dienone is 3. The van der Waals surface area contributed by atoms with E-state index in [0.29, 0.717) is 5.69 Å². The maximum absolute atomic E-state index is 13.8. The summed E-state index contributed by atoms with van der Waals surface area (Å²) in [5, 5.41) is 0. The van der Waals surface area contributed by atoms with E-state index in [9.17, 15) is 9.59 Å². The molecular formula is C32H29NO4. The SMILES string of the molecule is COc1ccc(C(=C2[C@H]3C=C[C@H]2[C@H]2C(=O)N(c4ccc(C)c(C)c4)C(=O)[C@H]23)c2ccc(OC)cc2)cc1. The number of nitrogens with zero attached hydrogens (tertiary/aromatic N) is 1. The van der Waals surface area contributed by atoms with E-state index in [0.717, 1.165) is 44.9 Å². The highest BCUT2D eigenvalue weighted by molar-refractivity contribution is 6.23. The summed E-state index contributed by atoms with van der Waals surface area (Å²) in [5.41, 5.74) is 7.15. The number of hydrogen-bond donors (Lipinski definition) is 0. The first-order valence-electron chi connectivity index (χ1n) is 12.6. The molecule has 186 valence electrons. The van der Waals surface area contributed by atoms with E-state index < -0.39 is 0 Å². The van der Waals surface area contributed by atoms with Gasteiger partial charge in [0.05, 0.1) is 31.7 Å². The van der Waals surface area contributed by atoms with Crippen LogP contribution in [-0.4, -0.2) is 26.0 Å². The minimum absolute atomic E-state index is 0.101. The number of fused-ring (bicyclic) bond motifs is 5. The van der Waals surface area contributed by atoms with Crippen LogP contribution in [0.2, 0.25) is 0 Å². The first-order chi connectivity index (χ1) is 17.9. The van der Waals surface area contributed by atoms with Gasteiger partial charge in [0, 0.05) is 11.8 Å². The van der Waals surface area contributed by atoms with Crippen molar-refractivity contribution in [2.75, 3.05) is 19.1 Å². The largest absolute Gasteiger partial charge is 0.497 e. The Balaban J connectivity index is 1.47. The molecule has 3 aromatic rings. The number of aryl methyl sites for hydroxylation is 2. The average Bonchev–Trinajstić information content (AvgIpc) is 3.55. The van der Waals surface area contributed by atoms with Gasteiger partial charge in [0.25, 0.3) is 0 Å². The molecule has 1 saturated carbocycles. The van der Waals surface area contributed by atoms with E-state index in [-0.39, 0.29) is 35.5 Å². The van der Waals surface area contributed by atoms with Crippen LogP contribution < -0.4 is 14.4 Å². The zero-order valence-corrected chi connectivity index (χ0v) is 21.4. The second-order valence-corrected chi connectivity index (χ2v) is 10.1. The number of carbonyl (C=O) groups is 2. The molecule has 3 aliphatic rings. The molecule has 1 heterocycles. The van der Waals surface area contributed by atoms with E-state index in [4.69, 9.17) is 9.47 Å². The summed E-state index contributed by atoms with van der Waals surface area (Å²) in [5.74, 6) is 0.344. The molecule has 4 atom stereocenters. The molecule has 6 rings (SSSR count). The number of imide groups is 1. The Morgan fingerprint density at radius 1 is 0.676 bits per heavy atom. The number of amides is 2. The van der Waals surface area contributed by atoms with Gasteiger partial charge in [-0.05, 0) is 83.6 Å². The van der Waals surface area contributed by atoms with Gasteiger partial charge in [-0.2, -0.15) is 0 Å². The second-order valence-electron chi connectivity index (χ2n) is 10.1. The number of anilines is 1. The third-order valence-corrected chi connectivity index (χ3v) is 8.21. The number of carbonyl (C=O) groups excluding carboxylic acids is 2. The Morgan fingerprint density at radius 3 is 1.59 bits per heavy atom. The Labute approximate surface area is 217 Å². The second kappa shape index (κ2) is 8.77. The van der Waals surface area contributed by atoms with E-state index >= 15 is 0 Å². The van der Waals surface area contributed by atoms with Gasteiger partial charge < -0.3 is 9.47 Å². The molecule has 5 heteroatoms. The van der Waals surface area contributed by atoms with Crippen LogP contribution in [-0.2, 0) is 9.59 Å². The fourth-order valence-corrected chi connectivity index (χ4v) is 6.23. The normalized spacial score (nSPS) is 23.6. The third-order valence-electron chi connectivity index (χ3n) is 8.21. The molecule has 2 bridgehead atoms. The van der Waals surface area contributed by atoms with Crippen LogP contribution >= 0.6 is 0 Å². The standard InChI is InChI=1S/C32H29NO4/c1-18-5-10-22(17-19(18)2)33-31(34)29-25-15-16-26(30(29)32(33)35)28(25)27(20-6-11-23(36-3)12-7-20)21-8-13-24(37-4)14-9-21/h5-17,25-26,29-30H,1-4H3/t25-,26-,29-,30+/m1/s1. The van der Waals surface area contributed by atoms with Crippen molar-refractivity contribution in [3.63, 3.8) is 0 Å². The Kier molecular flexibility index (Phi) is 5.52. The molecule has 5 nitrogen and oxygen atoms in total. The number of methoxy groups -OCH3 is 2. The Bertz CT molecular complexity index is 1380. The van der Waals surface area contributed by atoms with Crippen LogP contribution in [0.4, 0.5) is 5.69 Å². The van der Waals surface area contributed by atoms with Crippen molar-refractivity contribution in [2.45, 2.75) is 13.8 Å². The minimum atomic E-state index is -0.384. The van der Waals surface area contributed by atoms with Crippen molar-refractivity contribution in [1.29, 1.82) is 0 Å². The molecule has 0 aromatic heterocycles. The van der Waals surface area contributed by atoms with Gasteiger partial charge in [-0.3, -0.25) is 9.59 Å². The lowest BCUT2D eigenvalue weighted by Crippen LogP contribution is -2.33. The predicted molar refractivity (Wildman–Crippen MR) is 144 cm³/mol. The van der Waals surface area contributed by atoms with E-state index in [1.807, 2.05) is 80.6 Å². The van der Waals surface area contributed by atoms with Crippen LogP contribution in [0.15, 0.2) is 84.5 Å². The molecule has 0 N–H and O–H groups in total. The monoisotopic (exact) mass is 491 g/mol. The molecule has 37 heavy (non-hydrogen) atoms. The van der Waals surface area contributed by atoms with Gasteiger partial charge in [0.2, 0.25) is 11.8 Å². The van der Waals surface area contributed by atoms with Gasteiger partial charge in [-0.25, -0.2) is 4.90 Å². The number of hydrogen-bond acceptors (Lipinski definition) is 4. The summed E-state index contributed by atoms with van der Waals surface area (Å²) in [7, 11) is 3.30. The lowest BCUT2D eigenvalue weighted by Gasteiger charge is -2.22. The summed E-state index contributed by atoms with van der Waals surface area (Å²) in [6.07, 6.45) is 4.26. The lowest BCUT2D eigenvalue weighted by atomic mass is 9.85. The third kappa shape index (κ3) is 3.52. The number of ether oxygens (including phenoxy) is 2. The first kappa shape index (κ1) is 23.3. The highest BCUT2D eigenvalue weighted by Gasteiger charge is 2.62. The zero-order valence-electron chi connectivity index (χ0n) is 21.4. The molecule has 1 aliphatic heterocycles. The maximum Gasteiger partial charge on any atom is 0.238 e. The van der Waals surface area contributed by atoms with E-state index in [1.165, 1.54) is 4.90 Å². The highest BCUT2D eigenvalue weighted by atomic mass is 16.5. The molecule has 0 spiro atoms. The van der Waals surface area contributed by atoms with Gasteiger partial charge in [-0.1, -0.05) is 42.5 Å². The van der Waals surface area contributed by atoms with Crippen molar-refractivity contribution in [3.05, 3.63) is 107 Å². The highest BCUT2D eigenvalue weighted by Crippen LogP contribution is 2.59. The van der Waals surface area contributed by atoms with Crippen LogP contribution in [0.1, 0.15) is 22.3 Å². The molecule has 0 radical (unpaired) electrons. The van der Waals surface area contributed by atoms with Gasteiger partial charge in [0.1, 0.15) is 11.5 Å². The zero-order chi connectivity index (χ0) is 25.8. The van der Waals surface area contributed by atoms with Crippen molar-refractivity contribution < 1.29 is 19.1 Å². The smallest absolute Gasteiger partial charge is 0.238 e. The predicted octanol–water partition coefficient (Wildman–Crippen LogP) is 5.74. The quantitative estimate of drug-likeness (QED) is 0.337. The molecule has 3 aromatic carbocycles. The average molecular weight is 492 g/mol. The van der Waals surface area contributed by atoms with Gasteiger partial charge in [-0.15, -0.1) is 0 Å². The first-order valence-corrected chi connectivity index (χ1v) is 12.6. The van der Waals surface area contributed by atoms with Crippen LogP contribution in [0.5, 0.6) is 11.5 Å². The van der Waals surface area contributed by atoms with Crippen molar-refractivity contribution in [1.82, 2.24) is 0 Å². The summed E-state index contributed by atoms with van der Waals surface area (Å²) >= 11 is 0. The molecule has 2 fully saturated rings. The lowest BCUT2D eigenvalue weighted by molar-refractivity contribution is -0.122. The van der Waals surface area contributed by atoms with Crippen molar-refractivity contribution in [3.8, 4) is 11.5 Å². The van der Waals surface area contributed by atoms with Gasteiger partial charge in [0.15, 0.2) is 0 Å². The topological polar surface area (TPSA) is 55.8 Å². The minimum Gasteiger partial charge on any atom is -0.497 e. The summed E-state index contributed by atoms with van der Waals surface area (Å²) in [4.78, 5) is 29.0. The van der Waals surface area contributed by atoms with E-state index in [1.54, 1.807) is 14.2 Å². The summed E-state index contributed by atoms with van der Waals surface area (Å²) in [6.45, 7) is 4.04. The number of benzene rings is 3. The number of rotatable bonds is 5.